The summed E-state index contributed by atoms with van der Waals surface area (Å²) in [6.45, 7) is 9.77. The van der Waals surface area contributed by atoms with E-state index in [1.165, 1.54) is 19.3 Å². The second-order valence-electron chi connectivity index (χ2n) is 5.87. The highest BCUT2D eigenvalue weighted by Gasteiger charge is 2.26. The molecule has 0 saturated carbocycles. The van der Waals surface area contributed by atoms with Crippen molar-refractivity contribution in [2.45, 2.75) is 59.0 Å². The molecule has 5 nitrogen and oxygen atoms in total. The molecule has 1 aromatic rings. The summed E-state index contributed by atoms with van der Waals surface area (Å²) in [5, 5.41) is 17.0. The summed E-state index contributed by atoms with van der Waals surface area (Å²) < 4.78 is 5.51. The van der Waals surface area contributed by atoms with E-state index < -0.39 is 5.60 Å². The van der Waals surface area contributed by atoms with Crippen LogP contribution in [0.1, 0.15) is 58.0 Å². The highest BCUT2D eigenvalue weighted by atomic mass is 16.4. The van der Waals surface area contributed by atoms with Gasteiger partial charge in [0.1, 0.15) is 17.1 Å². The number of nitrogens with one attached hydrogen (secondary N) is 2. The van der Waals surface area contributed by atoms with Gasteiger partial charge in [-0.2, -0.15) is 0 Å². The summed E-state index contributed by atoms with van der Waals surface area (Å²) in [6, 6.07) is 3.65. The van der Waals surface area contributed by atoms with E-state index >= 15 is 0 Å². The van der Waals surface area contributed by atoms with Crippen molar-refractivity contribution in [3.63, 3.8) is 0 Å². The van der Waals surface area contributed by atoms with Crippen LogP contribution in [-0.2, 0) is 5.60 Å². The maximum Gasteiger partial charge on any atom is 0.191 e. The molecule has 0 aliphatic carbocycles. The number of aliphatic hydroxyl groups is 1. The summed E-state index contributed by atoms with van der Waals surface area (Å²) in [6.07, 6.45) is 4.86. The number of nitrogens with zero attached hydrogens (tertiary/aromatic N) is 1. The number of hydrogen-bond acceptors (Lipinski definition) is 3. The molecule has 1 heterocycles. The molecule has 126 valence electrons. The lowest BCUT2D eigenvalue weighted by atomic mass is 10.0. The van der Waals surface area contributed by atoms with Crippen LogP contribution in [-0.4, -0.2) is 30.7 Å². The molecule has 0 saturated heterocycles. The Balaban J connectivity index is 2.53. The molecule has 22 heavy (non-hydrogen) atoms. The van der Waals surface area contributed by atoms with Gasteiger partial charge in [0.05, 0.1) is 6.54 Å². The van der Waals surface area contributed by atoms with E-state index in [0.717, 1.165) is 31.2 Å². The topological polar surface area (TPSA) is 69.8 Å². The minimum atomic E-state index is -1.10. The molecule has 0 fully saturated rings. The van der Waals surface area contributed by atoms with Gasteiger partial charge < -0.3 is 20.2 Å². The van der Waals surface area contributed by atoms with Gasteiger partial charge in [0.25, 0.3) is 0 Å². The van der Waals surface area contributed by atoms with Gasteiger partial charge in [-0.15, -0.1) is 0 Å². The zero-order valence-corrected chi connectivity index (χ0v) is 14.4. The number of guanidine groups is 1. The summed E-state index contributed by atoms with van der Waals surface area (Å²) in [5.74, 6) is 2.08. The third-order valence-corrected chi connectivity index (χ3v) is 3.48. The van der Waals surface area contributed by atoms with Gasteiger partial charge >= 0.3 is 0 Å². The van der Waals surface area contributed by atoms with Crippen molar-refractivity contribution < 1.29 is 9.52 Å². The third kappa shape index (κ3) is 6.52. The number of furan rings is 1. The van der Waals surface area contributed by atoms with E-state index in [4.69, 9.17) is 4.42 Å². The summed E-state index contributed by atoms with van der Waals surface area (Å²) in [7, 11) is 0. The molecule has 0 bridgehead atoms. The standard InChI is InChI=1S/C17H31N3O2/c1-5-7-8-9-12-19-16(18-6-2)20-13-17(4,21)15-11-10-14(3)22-15/h10-11,21H,5-9,12-13H2,1-4H3,(H2,18,19,20). The van der Waals surface area contributed by atoms with Crippen molar-refractivity contribution in [3.05, 3.63) is 23.7 Å². The van der Waals surface area contributed by atoms with E-state index in [1.54, 1.807) is 13.0 Å². The Labute approximate surface area is 134 Å². The van der Waals surface area contributed by atoms with Crippen LogP contribution in [0.2, 0.25) is 0 Å². The second-order valence-corrected chi connectivity index (χ2v) is 5.87. The fraction of sp³-hybridized carbons (Fsp3) is 0.706. The zero-order valence-electron chi connectivity index (χ0n) is 14.4. The second kappa shape index (κ2) is 9.51. The van der Waals surface area contributed by atoms with E-state index in [-0.39, 0.29) is 6.54 Å². The first-order valence-electron chi connectivity index (χ1n) is 8.31. The van der Waals surface area contributed by atoms with Crippen molar-refractivity contribution in [2.24, 2.45) is 4.99 Å². The fourth-order valence-electron chi connectivity index (χ4n) is 2.14. The predicted molar refractivity (Wildman–Crippen MR) is 91.1 cm³/mol. The molecule has 1 unspecified atom stereocenters. The lowest BCUT2D eigenvalue weighted by Gasteiger charge is -2.19. The minimum Gasteiger partial charge on any atom is -0.463 e. The lowest BCUT2D eigenvalue weighted by molar-refractivity contribution is 0.0428. The highest BCUT2D eigenvalue weighted by Crippen LogP contribution is 2.22. The van der Waals surface area contributed by atoms with Crippen molar-refractivity contribution in [1.29, 1.82) is 0 Å². The zero-order chi connectivity index (χ0) is 16.4. The lowest BCUT2D eigenvalue weighted by Crippen LogP contribution is -2.39. The van der Waals surface area contributed by atoms with Gasteiger partial charge in [0.2, 0.25) is 0 Å². The van der Waals surface area contributed by atoms with Gasteiger partial charge in [-0.25, -0.2) is 4.99 Å². The van der Waals surface area contributed by atoms with Gasteiger partial charge in [0, 0.05) is 13.1 Å². The number of aliphatic imine (C=N–C) groups is 1. The minimum absolute atomic E-state index is 0.254. The molecule has 0 spiro atoms. The summed E-state index contributed by atoms with van der Waals surface area (Å²) >= 11 is 0. The molecule has 5 heteroatoms. The molecule has 0 aromatic carbocycles. The maximum atomic E-state index is 10.5. The van der Waals surface area contributed by atoms with Crippen LogP contribution in [0, 0.1) is 6.92 Å². The van der Waals surface area contributed by atoms with Crippen LogP contribution in [0.3, 0.4) is 0 Å². The first-order chi connectivity index (χ1) is 10.5. The van der Waals surface area contributed by atoms with E-state index in [1.807, 2.05) is 19.9 Å². The SMILES string of the molecule is CCCCCCNC(=NCC(C)(O)c1ccc(C)o1)NCC. The number of hydrogen-bond donors (Lipinski definition) is 3. The Kier molecular flexibility index (Phi) is 8.02. The molecule has 3 N–H and O–H groups in total. The molecule has 0 amide bonds. The monoisotopic (exact) mass is 309 g/mol. The number of aryl methyl sites for hydroxylation is 1. The van der Waals surface area contributed by atoms with Gasteiger partial charge in [-0.1, -0.05) is 26.2 Å². The van der Waals surface area contributed by atoms with Gasteiger partial charge in [0.15, 0.2) is 5.96 Å². The Morgan fingerprint density at radius 3 is 2.59 bits per heavy atom. The molecule has 1 atom stereocenters. The number of rotatable bonds is 9. The Morgan fingerprint density at radius 1 is 1.23 bits per heavy atom. The molecule has 1 aromatic heterocycles. The van der Waals surface area contributed by atoms with Gasteiger partial charge in [-0.3, -0.25) is 0 Å². The smallest absolute Gasteiger partial charge is 0.191 e. The van der Waals surface area contributed by atoms with Gasteiger partial charge in [-0.05, 0) is 39.3 Å². The largest absolute Gasteiger partial charge is 0.463 e. The van der Waals surface area contributed by atoms with Crippen LogP contribution >= 0.6 is 0 Å². The first-order valence-corrected chi connectivity index (χ1v) is 8.31. The molecule has 0 aliphatic heterocycles. The average molecular weight is 309 g/mol. The summed E-state index contributed by atoms with van der Waals surface area (Å²) in [5.41, 5.74) is -1.10. The van der Waals surface area contributed by atoms with E-state index in [2.05, 4.69) is 22.5 Å². The molecule has 0 aliphatic rings. The van der Waals surface area contributed by atoms with Crippen molar-refractivity contribution in [2.75, 3.05) is 19.6 Å². The average Bonchev–Trinajstić information content (AvgIpc) is 2.92. The molecular formula is C17H31N3O2. The highest BCUT2D eigenvalue weighted by molar-refractivity contribution is 5.79. The number of unbranched alkanes of at least 4 members (excludes halogenated alkanes) is 3. The van der Waals surface area contributed by atoms with Crippen LogP contribution in [0.5, 0.6) is 0 Å². The van der Waals surface area contributed by atoms with Crippen molar-refractivity contribution in [3.8, 4) is 0 Å². The Hall–Kier alpha value is -1.49. The van der Waals surface area contributed by atoms with Crippen LogP contribution in [0.4, 0.5) is 0 Å². The first kappa shape index (κ1) is 18.6. The quantitative estimate of drug-likeness (QED) is 0.373. The van der Waals surface area contributed by atoms with E-state index in [0.29, 0.717) is 5.76 Å². The predicted octanol–water partition coefficient (Wildman–Crippen LogP) is 2.93. The normalized spacial score (nSPS) is 14.7. The van der Waals surface area contributed by atoms with Crippen LogP contribution < -0.4 is 10.6 Å². The van der Waals surface area contributed by atoms with Crippen molar-refractivity contribution in [1.82, 2.24) is 10.6 Å². The maximum absolute atomic E-state index is 10.5. The van der Waals surface area contributed by atoms with E-state index in [9.17, 15) is 5.11 Å². The van der Waals surface area contributed by atoms with Crippen molar-refractivity contribution >= 4 is 5.96 Å². The van der Waals surface area contributed by atoms with Crippen LogP contribution in [0.25, 0.3) is 0 Å². The Morgan fingerprint density at radius 2 is 2.00 bits per heavy atom. The molecule has 1 rings (SSSR count). The van der Waals surface area contributed by atoms with Crippen LogP contribution in [0.15, 0.2) is 21.5 Å². The Bertz CT molecular complexity index is 453. The fourth-order valence-corrected chi connectivity index (χ4v) is 2.14. The third-order valence-electron chi connectivity index (χ3n) is 3.48. The molecular weight excluding hydrogens is 278 g/mol. The summed E-state index contributed by atoms with van der Waals surface area (Å²) in [4.78, 5) is 4.47. The molecule has 0 radical (unpaired) electrons.